The first-order valence-electron chi connectivity index (χ1n) is 30.8. The van der Waals surface area contributed by atoms with Gasteiger partial charge in [-0.1, -0.05) is 24.3 Å². The molecule has 0 saturated carbocycles. The Hall–Kier alpha value is -5.36. The monoisotopic (exact) mass is 1310 g/mol. The minimum atomic E-state index is -3.06. The Bertz CT molecular complexity index is 2710. The van der Waals surface area contributed by atoms with Crippen LogP contribution >= 0.6 is 0 Å². The third-order valence-electron chi connectivity index (χ3n) is 15.0. The van der Waals surface area contributed by atoms with Crippen LogP contribution in [-0.4, -0.2) is 145 Å². The van der Waals surface area contributed by atoms with Crippen molar-refractivity contribution in [2.45, 2.75) is 231 Å². The van der Waals surface area contributed by atoms with Gasteiger partial charge in [0.15, 0.2) is 0 Å². The van der Waals surface area contributed by atoms with Gasteiger partial charge >= 0.3 is 13.1 Å². The van der Waals surface area contributed by atoms with Gasteiger partial charge < -0.3 is 10.4 Å². The quantitative estimate of drug-likeness (QED) is 0.0116. The van der Waals surface area contributed by atoms with Crippen LogP contribution < -0.4 is 42.6 Å². The van der Waals surface area contributed by atoms with E-state index in [9.17, 15) is 58.6 Å². The molecule has 2 aromatic carbocycles. The molecule has 0 radical (unpaired) electrons. The molecule has 4 rings (SSSR count). The Morgan fingerprint density at radius 2 is 0.846 bits per heavy atom. The lowest BCUT2D eigenvalue weighted by Gasteiger charge is -2.39. The van der Waals surface area contributed by atoms with E-state index in [1.165, 1.54) is 89.3 Å². The molecule has 0 unspecified atom stereocenters. The fourth-order valence-electron chi connectivity index (χ4n) is 9.63. The van der Waals surface area contributed by atoms with Crippen LogP contribution in [-0.2, 0) is 22.6 Å². The second kappa shape index (κ2) is 33.7. The number of benzene rings is 2. The van der Waals surface area contributed by atoms with Gasteiger partial charge in [0, 0.05) is 107 Å². The van der Waals surface area contributed by atoms with E-state index in [4.69, 9.17) is 0 Å². The zero-order valence-electron chi connectivity index (χ0n) is 54.6. The summed E-state index contributed by atoms with van der Waals surface area (Å²) < 4.78 is 177. The molecule has 0 bridgehead atoms. The van der Waals surface area contributed by atoms with Gasteiger partial charge in [-0.3, -0.25) is 46.9 Å². The zero-order valence-corrected chi connectivity index (χ0v) is 54.6. The Morgan fingerprint density at radius 1 is 0.505 bits per heavy atom. The maximum atomic E-state index is 16.4. The highest BCUT2D eigenvalue weighted by atomic mass is 19.3. The van der Waals surface area contributed by atoms with Crippen LogP contribution in [0.15, 0.2) is 61.2 Å². The van der Waals surface area contributed by atoms with Crippen LogP contribution in [0.2, 0.25) is 0 Å². The number of hydrazine groups is 1. The molecule has 0 fully saturated rings. The highest BCUT2D eigenvalue weighted by Gasteiger charge is 2.36. The summed E-state index contributed by atoms with van der Waals surface area (Å²) in [5.41, 5.74) is -6.87. The molecule has 0 aliphatic rings. The number of amides is 2. The van der Waals surface area contributed by atoms with E-state index >= 15 is 8.78 Å². The standard InChI is InChI=1S/C63H97F12N13O3/c1-56(2,70)21-27-76-62(77-28-22-57(3,4)71,78-29-23-58(5,6)72)19-17-52(90)84-50(33-42-13-15-43(16-14-42)45-36-82-87(38-45)54(66)67)51(89)41-86(40-47-48(64)34-44(35-49(47)65)46-37-83-88(39-46)55(68)69)85-53(91)18-20-63(79-30-24-59(7,8)73,80-31-25-60(9,10)74)81-32-26-61(11,12)75/h13-16,34-39,50-51,54-55,76-81,89H,17-33,40-41H2,1-12H3,(H,84,90)(H,85,91)/t50-,51-/m0/s1. The van der Waals surface area contributed by atoms with Crippen LogP contribution in [0, 0.1) is 11.6 Å². The van der Waals surface area contributed by atoms with Gasteiger partial charge in [0.05, 0.1) is 24.5 Å². The molecule has 0 aliphatic heterocycles. The number of hydrogen-bond acceptors (Lipinski definition) is 12. The number of aliphatic hydroxyl groups is 1. The highest BCUT2D eigenvalue weighted by molar-refractivity contribution is 5.76. The minimum absolute atomic E-state index is 0.00450. The number of nitrogens with one attached hydrogen (secondary N) is 8. The third-order valence-corrected chi connectivity index (χ3v) is 15.0. The summed E-state index contributed by atoms with van der Waals surface area (Å²) in [5, 5.41) is 42.9. The smallest absolute Gasteiger partial charge is 0.333 e. The predicted octanol–water partition coefficient (Wildman–Crippen LogP) is 11.6. The lowest BCUT2D eigenvalue weighted by molar-refractivity contribution is -0.128. The van der Waals surface area contributed by atoms with E-state index in [1.807, 2.05) is 0 Å². The van der Waals surface area contributed by atoms with E-state index in [2.05, 4.69) is 52.8 Å². The maximum absolute atomic E-state index is 16.4. The second-order valence-corrected chi connectivity index (χ2v) is 27.1. The summed E-state index contributed by atoms with van der Waals surface area (Å²) >= 11 is 0. The first kappa shape index (κ1) is 78.1. The molecule has 16 nitrogen and oxygen atoms in total. The van der Waals surface area contributed by atoms with Gasteiger partial charge in [-0.05, 0) is 157 Å². The molecule has 0 aliphatic carbocycles. The minimum Gasteiger partial charge on any atom is -0.390 e. The maximum Gasteiger partial charge on any atom is 0.333 e. The van der Waals surface area contributed by atoms with E-state index < -0.39 is 119 Å². The topological polar surface area (TPSA) is 189 Å². The normalized spacial score (nSPS) is 14.1. The molecule has 516 valence electrons. The Morgan fingerprint density at radius 3 is 1.18 bits per heavy atom. The number of rotatable bonds is 43. The number of nitrogens with zero attached hydrogens (tertiary/aromatic N) is 5. The number of hydrogen-bond donors (Lipinski definition) is 9. The van der Waals surface area contributed by atoms with Crippen molar-refractivity contribution in [2.24, 2.45) is 0 Å². The van der Waals surface area contributed by atoms with Crippen molar-refractivity contribution in [3.63, 3.8) is 0 Å². The van der Waals surface area contributed by atoms with Crippen molar-refractivity contribution in [3.8, 4) is 22.3 Å². The molecule has 91 heavy (non-hydrogen) atoms. The van der Waals surface area contributed by atoms with Gasteiger partial charge in [0.1, 0.15) is 57.2 Å². The molecular weight excluding hydrogens is 1210 g/mol. The van der Waals surface area contributed by atoms with Crippen molar-refractivity contribution in [1.29, 1.82) is 0 Å². The molecule has 9 N–H and O–H groups in total. The van der Waals surface area contributed by atoms with Crippen molar-refractivity contribution in [3.05, 3.63) is 83.9 Å². The highest BCUT2D eigenvalue weighted by Crippen LogP contribution is 2.29. The number of aromatic nitrogens is 4. The first-order valence-corrected chi connectivity index (χ1v) is 30.8. The average molecular weight is 1310 g/mol. The molecular formula is C63H97F12N13O3. The number of carbonyl (C=O) groups is 2. The first-order chi connectivity index (χ1) is 41.9. The van der Waals surface area contributed by atoms with Gasteiger partial charge in [0.2, 0.25) is 11.8 Å². The summed E-state index contributed by atoms with van der Waals surface area (Å²) in [6.07, 6.45) is 1.12. The largest absolute Gasteiger partial charge is 0.390 e. The summed E-state index contributed by atoms with van der Waals surface area (Å²) in [6.45, 7) is 9.14. The van der Waals surface area contributed by atoms with Gasteiger partial charge in [-0.15, -0.1) is 0 Å². The van der Waals surface area contributed by atoms with Gasteiger partial charge in [-0.2, -0.15) is 27.8 Å². The molecule has 4 aromatic rings. The zero-order chi connectivity index (χ0) is 68.4. The van der Waals surface area contributed by atoms with Crippen molar-refractivity contribution in [2.75, 3.05) is 45.8 Å². The summed E-state index contributed by atoms with van der Waals surface area (Å²) in [4.78, 5) is 29.0. The molecule has 2 heterocycles. The fraction of sp³-hybridized carbons (Fsp3) is 0.683. The molecule has 0 saturated heterocycles. The second-order valence-electron chi connectivity index (χ2n) is 27.1. The lowest BCUT2D eigenvalue weighted by atomic mass is 9.98. The van der Waals surface area contributed by atoms with Crippen LogP contribution in [0.5, 0.6) is 0 Å². The number of alkyl halides is 10. The van der Waals surface area contributed by atoms with Crippen LogP contribution in [0.3, 0.4) is 0 Å². The van der Waals surface area contributed by atoms with Crippen LogP contribution in [0.1, 0.15) is 172 Å². The van der Waals surface area contributed by atoms with E-state index in [1.54, 1.807) is 24.3 Å². The van der Waals surface area contributed by atoms with Gasteiger partial charge in [0.25, 0.3) is 0 Å². The molecule has 2 atom stereocenters. The molecule has 2 amide bonds. The molecule has 2 aromatic heterocycles. The summed E-state index contributed by atoms with van der Waals surface area (Å²) in [5.74, 6) is -6.81. The SMILES string of the molecule is CC(C)(F)CCNC(CCC(=O)N[C@@H](Cc1ccc(-c2cnn(C(F)F)c2)cc1)[C@@H](O)CN(Cc1c(F)cc(-c2cnn(C(F)F)c2)cc1F)NC(=O)CCC(NCCC(C)(C)F)(NCCC(C)(C)F)NCCC(C)(C)F)(NCCC(C)(C)F)NCCC(C)(C)F. The average Bonchev–Trinajstić information content (AvgIpc) is 1.86. The number of halogens is 12. The third kappa shape index (κ3) is 30.1. The Balaban J connectivity index is 1.81. The van der Waals surface area contributed by atoms with Crippen molar-refractivity contribution < 1.29 is 67.4 Å². The molecule has 0 spiro atoms. The fourth-order valence-corrected chi connectivity index (χ4v) is 9.63. The van der Waals surface area contributed by atoms with Crippen molar-refractivity contribution >= 4 is 11.8 Å². The number of aliphatic hydroxyl groups excluding tert-OH is 1. The lowest BCUT2D eigenvalue weighted by Crippen LogP contribution is -2.68. The van der Waals surface area contributed by atoms with Gasteiger partial charge in [-0.25, -0.2) is 49.5 Å². The molecule has 28 heteroatoms. The van der Waals surface area contributed by atoms with Crippen LogP contribution in [0.4, 0.5) is 52.7 Å². The van der Waals surface area contributed by atoms with E-state index in [-0.39, 0.29) is 119 Å². The van der Waals surface area contributed by atoms with Crippen molar-refractivity contribution in [1.82, 2.24) is 67.2 Å². The number of carbonyl (C=O) groups excluding carboxylic acids is 2. The van der Waals surface area contributed by atoms with Crippen LogP contribution in [0.25, 0.3) is 22.3 Å². The Kier molecular flexibility index (Phi) is 28.9. The van der Waals surface area contributed by atoms with E-state index in [0.29, 0.717) is 21.4 Å². The predicted molar refractivity (Wildman–Crippen MR) is 329 cm³/mol. The Labute approximate surface area is 527 Å². The van der Waals surface area contributed by atoms with E-state index in [0.717, 1.165) is 35.7 Å². The summed E-state index contributed by atoms with van der Waals surface area (Å²) in [7, 11) is 0. The summed E-state index contributed by atoms with van der Waals surface area (Å²) in [6, 6.07) is 6.81.